The number of carbonyl (C=O) groups is 1. The first-order chi connectivity index (χ1) is 13.9. The van der Waals surface area contributed by atoms with Gasteiger partial charge in [-0.3, -0.25) is 9.69 Å². The Labute approximate surface area is 171 Å². The lowest BCUT2D eigenvalue weighted by Gasteiger charge is -2.44. The highest BCUT2D eigenvalue weighted by Crippen LogP contribution is 2.29. The highest BCUT2D eigenvalue weighted by Gasteiger charge is 2.32. The summed E-state index contributed by atoms with van der Waals surface area (Å²) in [5, 5.41) is 0. The molecule has 0 spiro atoms. The van der Waals surface area contributed by atoms with E-state index >= 15 is 0 Å². The van der Waals surface area contributed by atoms with Gasteiger partial charge in [0, 0.05) is 43.5 Å². The number of nitrogens with zero attached hydrogens (tertiary/aromatic N) is 2. The number of hydrogen-bond acceptors (Lipinski definition) is 5. The van der Waals surface area contributed by atoms with Crippen molar-refractivity contribution in [2.45, 2.75) is 32.5 Å². The normalized spacial score (nSPS) is 19.8. The van der Waals surface area contributed by atoms with Crippen LogP contribution in [0.25, 0.3) is 0 Å². The van der Waals surface area contributed by atoms with E-state index in [9.17, 15) is 9.18 Å². The molecular formula is C22H28FN3O3. The Hall–Kier alpha value is -2.80. The Kier molecular flexibility index (Phi) is 6.59. The summed E-state index contributed by atoms with van der Waals surface area (Å²) in [6.07, 6.45) is 0. The number of methoxy groups -OCH3 is 1. The van der Waals surface area contributed by atoms with E-state index in [4.69, 9.17) is 15.2 Å². The molecule has 3 rings (SSSR count). The molecule has 0 unspecified atom stereocenters. The van der Waals surface area contributed by atoms with Crippen molar-refractivity contribution in [2.75, 3.05) is 32.5 Å². The lowest BCUT2D eigenvalue weighted by atomic mass is 10.1. The number of hydrogen-bond donors (Lipinski definition) is 1. The Morgan fingerprint density at radius 3 is 2.52 bits per heavy atom. The summed E-state index contributed by atoms with van der Waals surface area (Å²) in [4.78, 5) is 16.9. The standard InChI is InChI=1S/C22H28FN3O3/c1-15-12-26(16(2)11-25(15)13-17-4-6-18(23)7-5-17)22(27)14-29-21-10-19(24)8-9-20(21)28-3/h4-10,15-16H,11-14,24H2,1-3H3/t15-,16+/m1/s1. The molecule has 29 heavy (non-hydrogen) atoms. The molecule has 1 saturated heterocycles. The predicted octanol–water partition coefficient (Wildman–Crippen LogP) is 2.92. The Balaban J connectivity index is 1.58. The minimum atomic E-state index is -0.234. The zero-order valence-corrected chi connectivity index (χ0v) is 17.1. The number of anilines is 1. The molecule has 2 atom stereocenters. The van der Waals surface area contributed by atoms with E-state index in [0.717, 1.165) is 18.7 Å². The molecule has 1 aliphatic rings. The molecule has 1 heterocycles. The van der Waals surface area contributed by atoms with Crippen LogP contribution in [0.15, 0.2) is 42.5 Å². The predicted molar refractivity (Wildman–Crippen MR) is 110 cm³/mol. The first-order valence-corrected chi connectivity index (χ1v) is 9.71. The van der Waals surface area contributed by atoms with Crippen LogP contribution in [0.5, 0.6) is 11.5 Å². The second-order valence-electron chi connectivity index (χ2n) is 7.50. The van der Waals surface area contributed by atoms with Gasteiger partial charge in [0.2, 0.25) is 0 Å². The van der Waals surface area contributed by atoms with E-state index in [1.165, 1.54) is 12.1 Å². The molecule has 2 aromatic rings. The first kappa shape index (κ1) is 20.9. The van der Waals surface area contributed by atoms with Crippen molar-refractivity contribution < 1.29 is 18.7 Å². The molecule has 6 nitrogen and oxygen atoms in total. The van der Waals surface area contributed by atoms with Gasteiger partial charge in [0.05, 0.1) is 7.11 Å². The van der Waals surface area contributed by atoms with Crippen LogP contribution < -0.4 is 15.2 Å². The zero-order chi connectivity index (χ0) is 21.0. The highest BCUT2D eigenvalue weighted by atomic mass is 19.1. The Morgan fingerprint density at radius 2 is 1.83 bits per heavy atom. The van der Waals surface area contributed by atoms with Gasteiger partial charge in [0.25, 0.3) is 5.91 Å². The quantitative estimate of drug-likeness (QED) is 0.754. The Morgan fingerprint density at radius 1 is 1.10 bits per heavy atom. The Bertz CT molecular complexity index is 844. The van der Waals surface area contributed by atoms with Gasteiger partial charge in [-0.05, 0) is 43.7 Å². The largest absolute Gasteiger partial charge is 0.493 e. The summed E-state index contributed by atoms with van der Waals surface area (Å²) in [7, 11) is 1.55. The molecule has 0 aliphatic carbocycles. The lowest BCUT2D eigenvalue weighted by molar-refractivity contribution is -0.139. The van der Waals surface area contributed by atoms with Crippen molar-refractivity contribution in [2.24, 2.45) is 0 Å². The van der Waals surface area contributed by atoms with Crippen LogP contribution >= 0.6 is 0 Å². The number of carbonyl (C=O) groups excluding carboxylic acids is 1. The number of nitrogens with two attached hydrogens (primary N) is 1. The van der Waals surface area contributed by atoms with Crippen molar-refractivity contribution in [1.29, 1.82) is 0 Å². The highest BCUT2D eigenvalue weighted by molar-refractivity contribution is 5.78. The minimum Gasteiger partial charge on any atom is -0.493 e. The van der Waals surface area contributed by atoms with Crippen LogP contribution in [0.1, 0.15) is 19.4 Å². The second-order valence-corrected chi connectivity index (χ2v) is 7.50. The van der Waals surface area contributed by atoms with Crippen molar-refractivity contribution >= 4 is 11.6 Å². The fourth-order valence-corrected chi connectivity index (χ4v) is 3.62. The summed E-state index contributed by atoms with van der Waals surface area (Å²) in [6.45, 7) is 6.13. The minimum absolute atomic E-state index is 0.0467. The maximum Gasteiger partial charge on any atom is 0.260 e. The monoisotopic (exact) mass is 401 g/mol. The smallest absolute Gasteiger partial charge is 0.260 e. The molecule has 0 radical (unpaired) electrons. The second kappa shape index (κ2) is 9.13. The summed E-state index contributed by atoms with van der Waals surface area (Å²) >= 11 is 0. The van der Waals surface area contributed by atoms with Crippen molar-refractivity contribution in [3.05, 3.63) is 53.8 Å². The lowest BCUT2D eigenvalue weighted by Crippen LogP contribution is -2.58. The maximum absolute atomic E-state index is 13.1. The molecule has 1 fully saturated rings. The van der Waals surface area contributed by atoms with E-state index in [2.05, 4.69) is 11.8 Å². The van der Waals surface area contributed by atoms with E-state index in [1.54, 1.807) is 37.4 Å². The topological polar surface area (TPSA) is 68.0 Å². The molecule has 2 aromatic carbocycles. The zero-order valence-electron chi connectivity index (χ0n) is 17.1. The van der Waals surface area contributed by atoms with Crippen LogP contribution in [0.2, 0.25) is 0 Å². The van der Waals surface area contributed by atoms with Crippen LogP contribution in [0, 0.1) is 5.82 Å². The summed E-state index contributed by atoms with van der Waals surface area (Å²) < 4.78 is 24.1. The molecular weight excluding hydrogens is 373 g/mol. The molecule has 2 N–H and O–H groups in total. The molecule has 156 valence electrons. The van der Waals surface area contributed by atoms with E-state index in [0.29, 0.717) is 23.7 Å². The number of amides is 1. The summed E-state index contributed by atoms with van der Waals surface area (Å²) in [5.74, 6) is 0.687. The van der Waals surface area contributed by atoms with Gasteiger partial charge in [-0.15, -0.1) is 0 Å². The summed E-state index contributed by atoms with van der Waals surface area (Å²) in [5.41, 5.74) is 7.40. The van der Waals surface area contributed by atoms with Crippen molar-refractivity contribution in [3.63, 3.8) is 0 Å². The van der Waals surface area contributed by atoms with Crippen LogP contribution in [-0.4, -0.2) is 54.6 Å². The summed E-state index contributed by atoms with van der Waals surface area (Å²) in [6, 6.07) is 11.9. The molecule has 0 aromatic heterocycles. The van der Waals surface area contributed by atoms with Crippen molar-refractivity contribution in [3.8, 4) is 11.5 Å². The molecule has 1 amide bonds. The number of halogens is 1. The van der Waals surface area contributed by atoms with E-state index in [1.807, 2.05) is 11.8 Å². The fraction of sp³-hybridized carbons (Fsp3) is 0.409. The van der Waals surface area contributed by atoms with Gasteiger partial charge in [-0.25, -0.2) is 4.39 Å². The van der Waals surface area contributed by atoms with Gasteiger partial charge in [-0.2, -0.15) is 0 Å². The third-order valence-corrected chi connectivity index (χ3v) is 5.27. The molecule has 1 aliphatic heterocycles. The van der Waals surface area contributed by atoms with Gasteiger partial charge in [0.1, 0.15) is 5.82 Å². The van der Waals surface area contributed by atoms with Gasteiger partial charge in [0.15, 0.2) is 18.1 Å². The number of ether oxygens (including phenoxy) is 2. The van der Waals surface area contributed by atoms with E-state index < -0.39 is 0 Å². The van der Waals surface area contributed by atoms with Gasteiger partial charge in [-0.1, -0.05) is 12.1 Å². The fourth-order valence-electron chi connectivity index (χ4n) is 3.62. The average molecular weight is 401 g/mol. The average Bonchev–Trinajstić information content (AvgIpc) is 2.70. The van der Waals surface area contributed by atoms with Crippen LogP contribution in [0.3, 0.4) is 0 Å². The third kappa shape index (κ3) is 5.17. The van der Waals surface area contributed by atoms with Crippen LogP contribution in [-0.2, 0) is 11.3 Å². The van der Waals surface area contributed by atoms with Gasteiger partial charge >= 0.3 is 0 Å². The van der Waals surface area contributed by atoms with Crippen LogP contribution in [0.4, 0.5) is 10.1 Å². The molecule has 0 bridgehead atoms. The number of nitrogen functional groups attached to an aromatic ring is 1. The van der Waals surface area contributed by atoms with Gasteiger partial charge < -0.3 is 20.1 Å². The third-order valence-electron chi connectivity index (χ3n) is 5.27. The first-order valence-electron chi connectivity index (χ1n) is 9.71. The molecule has 0 saturated carbocycles. The van der Waals surface area contributed by atoms with Crippen molar-refractivity contribution in [1.82, 2.24) is 9.80 Å². The number of piperazine rings is 1. The van der Waals surface area contributed by atoms with E-state index in [-0.39, 0.29) is 30.4 Å². The molecule has 7 heteroatoms. The number of benzene rings is 2. The maximum atomic E-state index is 13.1. The number of rotatable bonds is 6. The SMILES string of the molecule is COc1ccc(N)cc1OCC(=O)N1C[C@@H](C)N(Cc2ccc(F)cc2)C[C@@H]1C.